The molecule has 1 amide bonds. The number of methoxy groups -OCH3 is 1. The zero-order valence-electron chi connectivity index (χ0n) is 21.2. The van der Waals surface area contributed by atoms with Crippen molar-refractivity contribution in [3.8, 4) is 5.75 Å². The van der Waals surface area contributed by atoms with Crippen LogP contribution in [-0.2, 0) is 10.2 Å². The fraction of sp³-hybridized carbons (Fsp3) is 0.571. The summed E-state index contributed by atoms with van der Waals surface area (Å²) in [5.74, 6) is 3.62. The van der Waals surface area contributed by atoms with Gasteiger partial charge in [-0.05, 0) is 85.9 Å². The zero-order valence-corrected chi connectivity index (χ0v) is 21.2. The van der Waals surface area contributed by atoms with Crippen molar-refractivity contribution < 1.29 is 9.53 Å². The maximum atomic E-state index is 13.1. The number of fused-ring (bicyclic) bond motifs is 3. The number of likely N-dealkylation sites (N-methyl/N-ethyl adjacent to an activating group) is 1. The van der Waals surface area contributed by atoms with E-state index in [-0.39, 0.29) is 17.4 Å². The van der Waals surface area contributed by atoms with Crippen molar-refractivity contribution in [1.29, 1.82) is 0 Å². The van der Waals surface area contributed by atoms with Crippen LogP contribution in [0.25, 0.3) is 0 Å². The largest absolute Gasteiger partial charge is 0.497 e. The highest BCUT2D eigenvalue weighted by molar-refractivity contribution is 6.09. The lowest BCUT2D eigenvalue weighted by Gasteiger charge is -2.34. The van der Waals surface area contributed by atoms with Gasteiger partial charge in [-0.2, -0.15) is 0 Å². The number of anilines is 2. The van der Waals surface area contributed by atoms with E-state index in [9.17, 15) is 4.79 Å². The second-order valence-electron chi connectivity index (χ2n) is 11.5. The van der Waals surface area contributed by atoms with Gasteiger partial charge >= 0.3 is 0 Å². The molecule has 2 aliphatic carbocycles. The number of aromatic nitrogens is 1. The molecule has 2 saturated carbocycles. The number of amides is 1. The topological polar surface area (TPSA) is 81.8 Å². The monoisotopic (exact) mass is 488 g/mol. The minimum atomic E-state index is -0.351. The maximum Gasteiger partial charge on any atom is 0.235 e. The lowest BCUT2D eigenvalue weighted by molar-refractivity contribution is -0.118. The van der Waals surface area contributed by atoms with Crippen molar-refractivity contribution in [1.82, 2.24) is 20.7 Å². The Morgan fingerprint density at radius 2 is 1.94 bits per heavy atom. The average molecular weight is 489 g/mol. The number of hydrogen-bond donors (Lipinski definition) is 3. The van der Waals surface area contributed by atoms with Gasteiger partial charge in [0.15, 0.2) is 0 Å². The van der Waals surface area contributed by atoms with Gasteiger partial charge in [-0.25, -0.2) is 10.4 Å². The number of ether oxygens (including phenoxy) is 1. The highest BCUT2D eigenvalue weighted by atomic mass is 16.5. The number of hydrazine groups is 1. The molecule has 4 fully saturated rings. The molecule has 2 aromatic rings. The van der Waals surface area contributed by atoms with Gasteiger partial charge in [-0.1, -0.05) is 6.07 Å². The van der Waals surface area contributed by atoms with Crippen LogP contribution in [0.3, 0.4) is 0 Å². The fourth-order valence-corrected chi connectivity index (χ4v) is 7.51. The van der Waals surface area contributed by atoms with E-state index in [1.165, 1.54) is 18.4 Å². The molecule has 7 rings (SSSR count). The van der Waals surface area contributed by atoms with Gasteiger partial charge < -0.3 is 19.9 Å². The Labute approximate surface area is 212 Å². The Kier molecular flexibility index (Phi) is 5.27. The molecule has 3 N–H and O–H groups in total. The third kappa shape index (κ3) is 3.45. The number of pyridine rings is 1. The van der Waals surface area contributed by atoms with Crippen molar-refractivity contribution in [2.75, 3.05) is 50.6 Å². The summed E-state index contributed by atoms with van der Waals surface area (Å²) >= 11 is 0. The second kappa shape index (κ2) is 8.43. The third-order valence-corrected chi connectivity index (χ3v) is 9.70. The first-order valence-electron chi connectivity index (χ1n) is 13.5. The summed E-state index contributed by atoms with van der Waals surface area (Å²) in [6.07, 6.45) is 6.48. The van der Waals surface area contributed by atoms with Crippen molar-refractivity contribution in [2.45, 2.75) is 43.2 Å². The van der Waals surface area contributed by atoms with Gasteiger partial charge in [0.1, 0.15) is 11.6 Å². The van der Waals surface area contributed by atoms with Crippen LogP contribution in [0.15, 0.2) is 36.5 Å². The van der Waals surface area contributed by atoms with E-state index < -0.39 is 0 Å². The molecule has 1 spiro atoms. The predicted molar refractivity (Wildman–Crippen MR) is 139 cm³/mol. The van der Waals surface area contributed by atoms with Crippen LogP contribution in [0, 0.1) is 17.8 Å². The number of hydrogen-bond acceptors (Lipinski definition) is 7. The second-order valence-corrected chi connectivity index (χ2v) is 11.5. The zero-order chi connectivity index (χ0) is 24.4. The van der Waals surface area contributed by atoms with E-state index in [1.807, 2.05) is 12.1 Å². The summed E-state index contributed by atoms with van der Waals surface area (Å²) in [6, 6.07) is 11.2. The molecule has 4 unspecified atom stereocenters. The molecule has 36 heavy (non-hydrogen) atoms. The molecule has 4 heterocycles. The van der Waals surface area contributed by atoms with Crippen LogP contribution >= 0.6 is 0 Å². The normalized spacial score (nSPS) is 35.4. The average Bonchev–Trinajstić information content (AvgIpc) is 3.44. The third-order valence-electron chi connectivity index (χ3n) is 9.70. The molecule has 1 aromatic heterocycles. The summed E-state index contributed by atoms with van der Waals surface area (Å²) in [5, 5.41) is 3.14. The number of carbonyl (C=O) groups is 1. The summed E-state index contributed by atoms with van der Waals surface area (Å²) < 4.78 is 5.47. The van der Waals surface area contributed by atoms with E-state index in [0.717, 1.165) is 61.8 Å². The molecule has 8 nitrogen and oxygen atoms in total. The van der Waals surface area contributed by atoms with Crippen molar-refractivity contribution >= 4 is 17.4 Å². The molecule has 3 aliphatic heterocycles. The predicted octanol–water partition coefficient (Wildman–Crippen LogP) is 2.69. The van der Waals surface area contributed by atoms with Crippen molar-refractivity contribution in [3.63, 3.8) is 0 Å². The summed E-state index contributed by atoms with van der Waals surface area (Å²) in [6.45, 7) is 4.25. The van der Waals surface area contributed by atoms with Crippen molar-refractivity contribution in [2.24, 2.45) is 17.8 Å². The standard InChI is InChI=1S/C28H36N6O2/c1-33-9-11-34(12-10-33)25-8-4-18(16-29-25)26-20-6-3-17(13-24(20)31-32-26)22-15-28(22)21-14-19(36-2)5-7-23(21)30-27(28)35/h4-5,7-8,14,16-17,20,22,24,26,31-32H,3,6,9-13,15H2,1-2H3,(H,30,35)/t17?,20?,22-,24?,26?,28-/m1/s1. The summed E-state index contributed by atoms with van der Waals surface area (Å²) in [7, 11) is 3.87. The lowest BCUT2D eigenvalue weighted by Crippen LogP contribution is -2.44. The van der Waals surface area contributed by atoms with Gasteiger partial charge in [0.2, 0.25) is 5.91 Å². The molecule has 5 aliphatic rings. The Hall–Kier alpha value is -2.68. The van der Waals surface area contributed by atoms with E-state index in [4.69, 9.17) is 9.72 Å². The first kappa shape index (κ1) is 22.5. The van der Waals surface area contributed by atoms with Gasteiger partial charge in [-0.3, -0.25) is 10.2 Å². The van der Waals surface area contributed by atoms with Crippen LogP contribution in [0.1, 0.15) is 42.9 Å². The minimum absolute atomic E-state index is 0.180. The van der Waals surface area contributed by atoms with E-state index in [0.29, 0.717) is 23.8 Å². The van der Waals surface area contributed by atoms with Gasteiger partial charge in [0.05, 0.1) is 18.6 Å². The minimum Gasteiger partial charge on any atom is -0.497 e. The number of benzene rings is 1. The Morgan fingerprint density at radius 1 is 1.08 bits per heavy atom. The Morgan fingerprint density at radius 3 is 2.72 bits per heavy atom. The van der Waals surface area contributed by atoms with Crippen LogP contribution < -0.4 is 25.8 Å². The summed E-state index contributed by atoms with van der Waals surface area (Å²) in [4.78, 5) is 22.7. The molecular formula is C28H36N6O2. The number of rotatable bonds is 4. The number of carbonyl (C=O) groups excluding carboxylic acids is 1. The molecule has 190 valence electrons. The number of nitrogens with zero attached hydrogens (tertiary/aromatic N) is 3. The molecule has 2 saturated heterocycles. The Balaban J connectivity index is 1.03. The molecular weight excluding hydrogens is 452 g/mol. The van der Waals surface area contributed by atoms with E-state index in [1.54, 1.807) is 7.11 Å². The maximum absolute atomic E-state index is 13.1. The summed E-state index contributed by atoms with van der Waals surface area (Å²) in [5.41, 5.74) is 10.2. The number of nitrogens with one attached hydrogen (secondary N) is 3. The highest BCUT2D eigenvalue weighted by Crippen LogP contribution is 2.65. The number of piperazine rings is 1. The van der Waals surface area contributed by atoms with Crippen LogP contribution in [0.4, 0.5) is 11.5 Å². The molecule has 6 atom stereocenters. The first-order valence-corrected chi connectivity index (χ1v) is 13.5. The molecule has 8 heteroatoms. The van der Waals surface area contributed by atoms with E-state index >= 15 is 0 Å². The van der Waals surface area contributed by atoms with Gasteiger partial charge in [0.25, 0.3) is 0 Å². The lowest BCUT2D eigenvalue weighted by atomic mass is 9.72. The van der Waals surface area contributed by atoms with Crippen LogP contribution in [-0.4, -0.2) is 62.2 Å². The Bertz CT molecular complexity index is 1160. The quantitative estimate of drug-likeness (QED) is 0.611. The van der Waals surface area contributed by atoms with Crippen molar-refractivity contribution in [3.05, 3.63) is 47.7 Å². The van der Waals surface area contributed by atoms with Gasteiger partial charge in [-0.15, -0.1) is 0 Å². The first-order chi connectivity index (χ1) is 17.6. The van der Waals surface area contributed by atoms with Crippen LogP contribution in [0.2, 0.25) is 0 Å². The molecule has 1 aromatic carbocycles. The fourth-order valence-electron chi connectivity index (χ4n) is 7.51. The molecule has 0 radical (unpaired) electrons. The SMILES string of the molecule is COc1ccc2c(c1)[C@@]1(C[C@@H]1C1CCC3C(C1)NNC3c1ccc(N3CCN(C)CC3)nc1)C(=O)N2. The van der Waals surface area contributed by atoms with Crippen LogP contribution in [0.5, 0.6) is 5.75 Å². The smallest absolute Gasteiger partial charge is 0.235 e. The van der Waals surface area contributed by atoms with E-state index in [2.05, 4.69) is 57.4 Å². The van der Waals surface area contributed by atoms with Gasteiger partial charge in [0, 0.05) is 44.1 Å². The molecule has 0 bridgehead atoms. The highest BCUT2D eigenvalue weighted by Gasteiger charge is 2.67.